The highest BCUT2D eigenvalue weighted by Gasteiger charge is 2.51. The zero-order valence-corrected chi connectivity index (χ0v) is 29.8. The van der Waals surface area contributed by atoms with Gasteiger partial charge in [0.05, 0.1) is 23.8 Å². The molecule has 3 aromatic carbocycles. The van der Waals surface area contributed by atoms with E-state index in [4.69, 9.17) is 13.9 Å². The summed E-state index contributed by atoms with van der Waals surface area (Å²) in [5, 5.41) is 11.5. The van der Waals surface area contributed by atoms with Crippen LogP contribution in [0, 0.1) is 24.6 Å². The number of halogens is 1. The number of rotatable bonds is 12. The molecule has 0 amide bonds. The second kappa shape index (κ2) is 15.8. The summed E-state index contributed by atoms with van der Waals surface area (Å²) < 4.78 is 39.8. The van der Waals surface area contributed by atoms with Crippen LogP contribution >= 0.6 is 8.03 Å². The fourth-order valence-electron chi connectivity index (χ4n) is 5.88. The van der Waals surface area contributed by atoms with Gasteiger partial charge in [0.1, 0.15) is 12.4 Å². The minimum Gasteiger partial charge on any atom is -0.481 e. The normalized spacial score (nSPS) is 13.1. The Hall–Kier alpha value is -3.86. The number of aliphatic carboxylic acids is 1. The minimum atomic E-state index is -3.09. The Balaban J connectivity index is 1.60. The number of aryl methyl sites for hydroxylation is 1. The van der Waals surface area contributed by atoms with Gasteiger partial charge in [-0.25, -0.2) is 4.39 Å². The molecule has 0 saturated heterocycles. The van der Waals surface area contributed by atoms with Gasteiger partial charge >= 0.3 is 5.97 Å². The average Bonchev–Trinajstić information content (AvgIpc) is 3.02. The number of hydrogen-bond donors (Lipinski definition) is 1. The molecule has 2 atom stereocenters. The lowest BCUT2D eigenvalue weighted by atomic mass is 9.94. The van der Waals surface area contributed by atoms with E-state index in [0.29, 0.717) is 5.56 Å². The first kappa shape index (κ1) is 36.0. The zero-order chi connectivity index (χ0) is 34.2. The standard InChI is InChI=1S/C38H43FNO5PSi/c1-27(2)37-34(35(24-28(3)40-37)29-19-21-30(39)22-20-29)18-13-23-44-46(43)26-31(25-36(41)42)45-47(38(4,5)6,32-14-9-7-10-15-32)33-16-11-8-12-17-33/h7-12,14-17,19-22,24,27,31,46H,23,25-26H2,1-6H3,(H,41,42)/t31-/m0/s1. The summed E-state index contributed by atoms with van der Waals surface area (Å²) in [6.45, 7) is 12.2. The molecule has 6 nitrogen and oxygen atoms in total. The van der Waals surface area contributed by atoms with Crippen molar-refractivity contribution in [1.29, 1.82) is 0 Å². The minimum absolute atomic E-state index is 0.0622. The summed E-state index contributed by atoms with van der Waals surface area (Å²) in [5.74, 6) is 4.89. The molecule has 0 aliphatic carbocycles. The molecule has 4 aromatic rings. The van der Waals surface area contributed by atoms with Gasteiger partial charge in [0, 0.05) is 17.4 Å². The summed E-state index contributed by atoms with van der Waals surface area (Å²) in [5.41, 5.74) is 3.99. The Morgan fingerprint density at radius 1 is 0.979 bits per heavy atom. The van der Waals surface area contributed by atoms with Crippen molar-refractivity contribution in [2.24, 2.45) is 0 Å². The van der Waals surface area contributed by atoms with Gasteiger partial charge in [0.15, 0.2) is 8.03 Å². The van der Waals surface area contributed by atoms with Crippen LogP contribution in [0.2, 0.25) is 5.04 Å². The van der Waals surface area contributed by atoms with Gasteiger partial charge in [-0.05, 0) is 52.0 Å². The van der Waals surface area contributed by atoms with Crippen LogP contribution in [0.4, 0.5) is 4.39 Å². The summed E-state index contributed by atoms with van der Waals surface area (Å²) in [6.07, 6.45) is -1.23. The molecule has 0 radical (unpaired) electrons. The number of hydrogen-bond acceptors (Lipinski definition) is 5. The number of carboxylic acid groups (broad SMARTS) is 1. The Morgan fingerprint density at radius 3 is 2.06 bits per heavy atom. The van der Waals surface area contributed by atoms with E-state index in [1.165, 1.54) is 12.1 Å². The van der Waals surface area contributed by atoms with Crippen molar-refractivity contribution in [1.82, 2.24) is 4.98 Å². The van der Waals surface area contributed by atoms with Crippen molar-refractivity contribution in [2.75, 3.05) is 12.8 Å². The van der Waals surface area contributed by atoms with E-state index in [-0.39, 0.29) is 36.0 Å². The van der Waals surface area contributed by atoms with Crippen molar-refractivity contribution < 1.29 is 27.8 Å². The first-order valence-electron chi connectivity index (χ1n) is 15.7. The molecule has 1 heterocycles. The van der Waals surface area contributed by atoms with Crippen molar-refractivity contribution in [3.05, 3.63) is 114 Å². The van der Waals surface area contributed by atoms with Crippen LogP contribution in [0.15, 0.2) is 91.0 Å². The summed E-state index contributed by atoms with van der Waals surface area (Å²) in [6, 6.07) is 28.0. The molecular formula is C38H43FNO5PSi. The largest absolute Gasteiger partial charge is 0.481 e. The Morgan fingerprint density at radius 2 is 1.55 bits per heavy atom. The second-order valence-electron chi connectivity index (χ2n) is 12.9. The number of pyridine rings is 1. The predicted octanol–water partition coefficient (Wildman–Crippen LogP) is 7.58. The Kier molecular flexibility index (Phi) is 12.1. The van der Waals surface area contributed by atoms with Crippen molar-refractivity contribution in [2.45, 2.75) is 65.0 Å². The smallest absolute Gasteiger partial charge is 0.305 e. The molecule has 1 aromatic heterocycles. The van der Waals surface area contributed by atoms with Crippen LogP contribution in [0.5, 0.6) is 0 Å². The maximum Gasteiger partial charge on any atom is 0.305 e. The highest BCUT2D eigenvalue weighted by molar-refractivity contribution is 7.39. The number of aromatic nitrogens is 1. The maximum absolute atomic E-state index is 13.7. The molecule has 246 valence electrons. The number of nitrogens with zero attached hydrogens (tertiary/aromatic N) is 1. The maximum atomic E-state index is 13.7. The quantitative estimate of drug-likeness (QED) is 0.0950. The van der Waals surface area contributed by atoms with Crippen molar-refractivity contribution >= 4 is 32.7 Å². The van der Waals surface area contributed by atoms with Crippen LogP contribution in [-0.4, -0.2) is 43.2 Å². The van der Waals surface area contributed by atoms with Gasteiger partial charge in [-0.3, -0.25) is 14.3 Å². The molecule has 0 aliphatic heterocycles. The monoisotopic (exact) mass is 671 g/mol. The van der Waals surface area contributed by atoms with Crippen molar-refractivity contribution in [3.8, 4) is 23.0 Å². The van der Waals surface area contributed by atoms with E-state index in [1.54, 1.807) is 12.1 Å². The van der Waals surface area contributed by atoms with Gasteiger partial charge < -0.3 is 14.1 Å². The molecule has 1 unspecified atom stereocenters. The molecule has 4 rings (SSSR count). The van der Waals surface area contributed by atoms with E-state index in [1.807, 2.05) is 87.5 Å². The molecule has 0 aliphatic rings. The third kappa shape index (κ3) is 8.94. The van der Waals surface area contributed by atoms with Crippen molar-refractivity contribution in [3.63, 3.8) is 0 Å². The Labute approximate surface area is 279 Å². The van der Waals surface area contributed by atoms with E-state index in [0.717, 1.165) is 32.9 Å². The molecule has 0 saturated carbocycles. The van der Waals surface area contributed by atoms with Crippen LogP contribution in [0.25, 0.3) is 11.1 Å². The summed E-state index contributed by atoms with van der Waals surface area (Å²) in [4.78, 5) is 16.8. The summed E-state index contributed by atoms with van der Waals surface area (Å²) in [7, 11) is -5.83. The average molecular weight is 672 g/mol. The van der Waals surface area contributed by atoms with E-state index in [9.17, 15) is 18.9 Å². The molecule has 9 heteroatoms. The SMILES string of the molecule is Cc1cc(-c2ccc(F)cc2)c(C#CCO[PH](=O)C[C@H](CC(=O)O)O[Si](c2ccccc2)(c2ccccc2)C(C)(C)C)c(C(C)C)n1. The fourth-order valence-corrected chi connectivity index (χ4v) is 11.7. The third-order valence-corrected chi connectivity index (χ3v) is 14.3. The topological polar surface area (TPSA) is 85.7 Å². The number of carbonyl (C=O) groups is 1. The first-order chi connectivity index (χ1) is 22.3. The van der Waals surface area contributed by atoms with E-state index < -0.39 is 28.4 Å². The van der Waals surface area contributed by atoms with Gasteiger partial charge in [-0.1, -0.05) is 119 Å². The van der Waals surface area contributed by atoms with Crippen LogP contribution in [0.1, 0.15) is 63.9 Å². The molecule has 0 fully saturated rings. The molecule has 0 spiro atoms. The van der Waals surface area contributed by atoms with Crippen LogP contribution < -0.4 is 10.4 Å². The lowest BCUT2D eigenvalue weighted by Gasteiger charge is -2.45. The lowest BCUT2D eigenvalue weighted by molar-refractivity contribution is -0.138. The molecular weight excluding hydrogens is 628 g/mol. The number of benzene rings is 3. The third-order valence-electron chi connectivity index (χ3n) is 7.95. The molecule has 1 N–H and O–H groups in total. The van der Waals surface area contributed by atoms with E-state index in [2.05, 4.69) is 32.6 Å². The van der Waals surface area contributed by atoms with Gasteiger partial charge in [-0.2, -0.15) is 0 Å². The summed E-state index contributed by atoms with van der Waals surface area (Å²) >= 11 is 0. The van der Waals surface area contributed by atoms with Gasteiger partial charge in [-0.15, -0.1) is 0 Å². The highest BCUT2D eigenvalue weighted by atomic mass is 31.1. The predicted molar refractivity (Wildman–Crippen MR) is 190 cm³/mol. The zero-order valence-electron chi connectivity index (χ0n) is 27.8. The van der Waals surface area contributed by atoms with Gasteiger partial charge in [0.2, 0.25) is 0 Å². The second-order valence-corrected chi connectivity index (χ2v) is 18.6. The van der Waals surface area contributed by atoms with Crippen LogP contribution in [0.3, 0.4) is 0 Å². The fraction of sp³-hybridized carbons (Fsp3) is 0.316. The highest BCUT2D eigenvalue weighted by Crippen LogP contribution is 2.39. The molecule has 0 bridgehead atoms. The number of carboxylic acids is 1. The molecule has 47 heavy (non-hydrogen) atoms. The van der Waals surface area contributed by atoms with E-state index >= 15 is 0 Å². The lowest BCUT2D eigenvalue weighted by Crippen LogP contribution is -2.68. The van der Waals surface area contributed by atoms with Gasteiger partial charge in [0.25, 0.3) is 8.32 Å². The van der Waals surface area contributed by atoms with Crippen LogP contribution in [-0.2, 0) is 18.3 Å². The Bertz CT molecular complexity index is 1710. The first-order valence-corrected chi connectivity index (χ1v) is 19.2.